The molecule has 0 saturated carbocycles. The van der Waals surface area contributed by atoms with Gasteiger partial charge in [0.1, 0.15) is 11.6 Å². The van der Waals surface area contributed by atoms with Crippen LogP contribution in [-0.4, -0.2) is 19.8 Å². The molecule has 0 atom stereocenters. The second-order valence-electron chi connectivity index (χ2n) is 7.63. The number of carbonyl (C=O) groups excluding carboxylic acids is 1. The molecule has 0 spiro atoms. The monoisotopic (exact) mass is 408 g/mol. The topological polar surface area (TPSA) is 111 Å². The molecule has 0 N–H and O–H groups in total. The van der Waals surface area contributed by atoms with E-state index in [-0.39, 0.29) is 17.9 Å². The zero-order valence-corrected chi connectivity index (χ0v) is 17.2. The van der Waals surface area contributed by atoms with Crippen LogP contribution in [0.1, 0.15) is 59.4 Å². The molecular formula is C22H24N4O4. The summed E-state index contributed by atoms with van der Waals surface area (Å²) >= 11 is 0. The molecule has 2 aromatic heterocycles. The van der Waals surface area contributed by atoms with Crippen LogP contribution in [0.4, 0.5) is 5.69 Å². The van der Waals surface area contributed by atoms with Crippen molar-refractivity contribution < 1.29 is 9.72 Å². The number of hydrogen-bond acceptors (Lipinski definition) is 5. The summed E-state index contributed by atoms with van der Waals surface area (Å²) in [4.78, 5) is 35.6. The van der Waals surface area contributed by atoms with Crippen molar-refractivity contribution in [1.82, 2.24) is 9.13 Å². The fourth-order valence-electron chi connectivity index (χ4n) is 3.97. The Hall–Kier alpha value is -3.47. The molecule has 1 aliphatic carbocycles. The van der Waals surface area contributed by atoms with Gasteiger partial charge in [0.2, 0.25) is 0 Å². The van der Waals surface area contributed by atoms with Crippen LogP contribution in [0, 0.1) is 35.3 Å². The van der Waals surface area contributed by atoms with Gasteiger partial charge >= 0.3 is 0 Å². The molecule has 0 bridgehead atoms. The Morgan fingerprint density at radius 2 is 2.07 bits per heavy atom. The smallest absolute Gasteiger partial charge is 0.287 e. The number of rotatable bonds is 7. The van der Waals surface area contributed by atoms with E-state index in [9.17, 15) is 19.7 Å². The number of pyridine rings is 1. The van der Waals surface area contributed by atoms with Crippen LogP contribution in [-0.2, 0) is 13.1 Å². The van der Waals surface area contributed by atoms with E-state index in [2.05, 4.69) is 10.6 Å². The second kappa shape index (κ2) is 8.91. The Kier molecular flexibility index (Phi) is 6.31. The van der Waals surface area contributed by atoms with Crippen molar-refractivity contribution in [3.63, 3.8) is 0 Å². The highest BCUT2D eigenvalue weighted by atomic mass is 16.6. The first-order valence-corrected chi connectivity index (χ1v) is 9.98. The van der Waals surface area contributed by atoms with E-state index in [1.807, 2.05) is 13.8 Å². The highest BCUT2D eigenvalue weighted by Gasteiger charge is 2.20. The fraction of sp³-hybridized carbons (Fsp3) is 0.409. The average Bonchev–Trinajstić information content (AvgIpc) is 3.02. The zero-order valence-electron chi connectivity index (χ0n) is 17.2. The molecule has 0 radical (unpaired) electrons. The molecule has 2 heterocycles. The summed E-state index contributed by atoms with van der Waals surface area (Å²) in [6, 6.07) is 4.38. The number of ketones is 1. The molecule has 8 nitrogen and oxygen atoms in total. The molecule has 0 aromatic carbocycles. The zero-order chi connectivity index (χ0) is 21.8. The Morgan fingerprint density at radius 1 is 1.30 bits per heavy atom. The molecule has 3 rings (SSSR count). The number of carbonyl (C=O) groups is 1. The summed E-state index contributed by atoms with van der Waals surface area (Å²) < 4.78 is 3.04. The molecule has 0 fully saturated rings. The molecule has 0 unspecified atom stereocenters. The van der Waals surface area contributed by atoms with Crippen LogP contribution in [0.25, 0.3) is 0 Å². The summed E-state index contributed by atoms with van der Waals surface area (Å²) in [5.74, 6) is -0.322. The van der Waals surface area contributed by atoms with E-state index in [1.165, 1.54) is 18.4 Å². The first-order chi connectivity index (χ1) is 14.3. The highest BCUT2D eigenvalue weighted by Crippen LogP contribution is 2.23. The van der Waals surface area contributed by atoms with Crippen molar-refractivity contribution in [1.29, 1.82) is 5.26 Å². The van der Waals surface area contributed by atoms with Crippen LogP contribution < -0.4 is 5.56 Å². The summed E-state index contributed by atoms with van der Waals surface area (Å²) in [6.45, 7) is 4.23. The van der Waals surface area contributed by atoms with Gasteiger partial charge in [-0.3, -0.25) is 24.3 Å². The highest BCUT2D eigenvalue weighted by molar-refractivity contribution is 5.97. The van der Waals surface area contributed by atoms with Gasteiger partial charge < -0.3 is 4.57 Å². The number of allylic oxidation sites excluding steroid dienone is 2. The average molecular weight is 408 g/mol. The molecule has 0 aliphatic heterocycles. The minimum absolute atomic E-state index is 0.322. The molecule has 2 aromatic rings. The lowest BCUT2D eigenvalue weighted by atomic mass is 9.97. The maximum absolute atomic E-state index is 12.9. The molecular weight excluding hydrogens is 384 g/mol. The van der Waals surface area contributed by atoms with E-state index in [4.69, 9.17) is 5.26 Å². The maximum Gasteiger partial charge on any atom is 0.287 e. The van der Waals surface area contributed by atoms with Crippen LogP contribution in [0.3, 0.4) is 0 Å². The summed E-state index contributed by atoms with van der Waals surface area (Å²) in [5, 5.41) is 20.2. The van der Waals surface area contributed by atoms with E-state index in [0.717, 1.165) is 54.0 Å². The minimum Gasteiger partial charge on any atom is -0.348 e. The van der Waals surface area contributed by atoms with Crippen LogP contribution >= 0.6 is 0 Å². The molecule has 1 aliphatic rings. The van der Waals surface area contributed by atoms with Crippen molar-refractivity contribution in [2.75, 3.05) is 0 Å². The largest absolute Gasteiger partial charge is 0.348 e. The molecule has 0 amide bonds. The van der Waals surface area contributed by atoms with Gasteiger partial charge in [0, 0.05) is 29.6 Å². The van der Waals surface area contributed by atoms with Gasteiger partial charge in [0.15, 0.2) is 5.78 Å². The van der Waals surface area contributed by atoms with Crippen LogP contribution in [0.5, 0.6) is 0 Å². The van der Waals surface area contributed by atoms with Gasteiger partial charge in [-0.25, -0.2) is 0 Å². The summed E-state index contributed by atoms with van der Waals surface area (Å²) in [5.41, 5.74) is 2.24. The normalized spacial score (nSPS) is 13.6. The lowest BCUT2D eigenvalue weighted by molar-refractivity contribution is -0.385. The third-order valence-corrected chi connectivity index (χ3v) is 5.63. The van der Waals surface area contributed by atoms with Gasteiger partial charge in [-0.1, -0.05) is 11.6 Å². The van der Waals surface area contributed by atoms with Crippen LogP contribution in [0.15, 0.2) is 34.8 Å². The van der Waals surface area contributed by atoms with Crippen LogP contribution in [0.2, 0.25) is 0 Å². The Labute approximate surface area is 174 Å². The number of hydrogen-bond donors (Lipinski definition) is 0. The molecule has 8 heteroatoms. The molecule has 30 heavy (non-hydrogen) atoms. The second-order valence-corrected chi connectivity index (χ2v) is 7.63. The van der Waals surface area contributed by atoms with E-state index in [1.54, 1.807) is 12.1 Å². The number of aryl methyl sites for hydroxylation is 1. The van der Waals surface area contributed by atoms with E-state index < -0.39 is 16.2 Å². The quantitative estimate of drug-likeness (QED) is 0.299. The summed E-state index contributed by atoms with van der Waals surface area (Å²) in [7, 11) is 0. The lowest BCUT2D eigenvalue weighted by Crippen LogP contribution is -2.26. The van der Waals surface area contributed by atoms with E-state index in [0.29, 0.717) is 5.56 Å². The SMILES string of the molecule is Cc1cc(C(=O)Cn2cc([N+](=O)[O-])cc(C#N)c2=O)c(C)n1CCC1=CCCCC1. The van der Waals surface area contributed by atoms with Gasteiger partial charge in [-0.15, -0.1) is 0 Å². The number of nitriles is 1. The van der Waals surface area contributed by atoms with Gasteiger partial charge in [0.05, 0.1) is 17.7 Å². The Bertz CT molecular complexity index is 1130. The molecule has 0 saturated heterocycles. The first-order valence-electron chi connectivity index (χ1n) is 9.98. The standard InChI is InChI=1S/C22H24N4O4/c1-15-10-20(16(2)25(15)9-8-17-6-4-3-5-7-17)21(27)14-24-13-19(26(29)30)11-18(12-23)22(24)28/h6,10-11,13H,3-5,7-9,14H2,1-2H3. The predicted molar refractivity (Wildman–Crippen MR) is 111 cm³/mol. The van der Waals surface area contributed by atoms with Crippen molar-refractivity contribution in [3.05, 3.63) is 73.0 Å². The number of aromatic nitrogens is 2. The van der Waals surface area contributed by atoms with Gasteiger partial charge in [-0.2, -0.15) is 5.26 Å². The third kappa shape index (κ3) is 4.40. The number of nitro groups is 1. The van der Waals surface area contributed by atoms with Crippen molar-refractivity contribution in [2.45, 2.75) is 59.0 Å². The first kappa shape index (κ1) is 21.2. The van der Waals surface area contributed by atoms with Gasteiger partial charge in [-0.05, 0) is 52.0 Å². The summed E-state index contributed by atoms with van der Waals surface area (Å²) in [6.07, 6.45) is 8.99. The fourth-order valence-corrected chi connectivity index (χ4v) is 3.97. The third-order valence-electron chi connectivity index (χ3n) is 5.63. The minimum atomic E-state index is -0.713. The van der Waals surface area contributed by atoms with Crippen molar-refractivity contribution >= 4 is 11.5 Å². The maximum atomic E-state index is 12.9. The molecule has 156 valence electrons. The predicted octanol–water partition coefficient (Wildman–Crippen LogP) is 3.82. The number of Topliss-reactive ketones (excluding diaryl/α,β-unsaturated/α-hetero) is 1. The van der Waals surface area contributed by atoms with Crippen molar-refractivity contribution in [2.24, 2.45) is 0 Å². The Morgan fingerprint density at radius 3 is 2.70 bits per heavy atom. The van der Waals surface area contributed by atoms with E-state index >= 15 is 0 Å². The lowest BCUT2D eigenvalue weighted by Gasteiger charge is -2.15. The van der Waals surface area contributed by atoms with Gasteiger partial charge in [0.25, 0.3) is 11.2 Å². The van der Waals surface area contributed by atoms with Crippen molar-refractivity contribution in [3.8, 4) is 6.07 Å². The number of nitrogens with zero attached hydrogens (tertiary/aromatic N) is 4. The Balaban J connectivity index is 1.84.